The second kappa shape index (κ2) is 15.4. The number of aromatic nitrogens is 2. The lowest BCUT2D eigenvalue weighted by molar-refractivity contribution is 0.0131. The maximum Gasteiger partial charge on any atom is 0.286 e. The van der Waals surface area contributed by atoms with Crippen molar-refractivity contribution < 1.29 is 28.4 Å². The van der Waals surface area contributed by atoms with Crippen LogP contribution in [0.25, 0.3) is 0 Å². The molecule has 2 aliphatic heterocycles. The zero-order valence-corrected chi connectivity index (χ0v) is 33.7. The van der Waals surface area contributed by atoms with Crippen molar-refractivity contribution in [3.63, 3.8) is 0 Å². The first-order chi connectivity index (χ1) is 26.1. The predicted octanol–water partition coefficient (Wildman–Crippen LogP) is 6.26. The molecule has 292 valence electrons. The number of rotatable bonds is 3. The molecule has 11 nitrogen and oxygen atoms in total. The lowest BCUT2D eigenvalue weighted by Gasteiger charge is -2.46. The molecule has 6 atom stereocenters. The molecule has 1 saturated carbocycles. The molecule has 0 saturated heterocycles. The monoisotopic (exact) mass is 787 g/mol. The van der Waals surface area contributed by atoms with Crippen molar-refractivity contribution >= 4 is 39.0 Å². The Morgan fingerprint density at radius 3 is 2.78 bits per heavy atom. The topological polar surface area (TPSA) is 135 Å². The zero-order valence-electron chi connectivity index (χ0n) is 32.1. The van der Waals surface area contributed by atoms with Gasteiger partial charge in [-0.25, -0.2) is 4.21 Å². The standard InChI is InChI=1S/C42H50ClN5O6S/c1-27-8-6-10-37(53-5)32-14-11-30(32)22-48-25-42(18-7-9-28-20-31(43)13-15-34(28)42)26-54-38-16-12-29(21-36(38)48)39(49)45-55(52,24-27)46-40(50)33-23-47(4)44-35(33)17-19-41(2,3)51/h6,10,12-13,15-16,20-21,23,27,30,32,37,51H,7-9,11,14,18,22,24-26H2,1-5H3,(H,45,46,49,50,52)/b10-6+/t27-,30-,32+,37-,42-,55?/m0/s1. The predicted molar refractivity (Wildman–Crippen MR) is 214 cm³/mol. The van der Waals surface area contributed by atoms with E-state index in [4.69, 9.17) is 21.1 Å². The fourth-order valence-electron chi connectivity index (χ4n) is 8.53. The van der Waals surface area contributed by atoms with Crippen LogP contribution in [0.2, 0.25) is 5.02 Å². The minimum Gasteiger partial charge on any atom is -0.490 e. The third-order valence-electron chi connectivity index (χ3n) is 11.3. The van der Waals surface area contributed by atoms with Gasteiger partial charge in [0.1, 0.15) is 27.0 Å². The number of fused-ring (bicyclic) bond motifs is 4. The summed E-state index contributed by atoms with van der Waals surface area (Å²) in [5.41, 5.74) is 2.09. The van der Waals surface area contributed by atoms with Gasteiger partial charge in [0, 0.05) is 49.4 Å². The first-order valence-corrected chi connectivity index (χ1v) is 21.1. The molecule has 4 aliphatic rings. The molecule has 1 unspecified atom stereocenters. The van der Waals surface area contributed by atoms with E-state index in [2.05, 4.69) is 55.2 Å². The molecule has 2 aromatic carbocycles. The van der Waals surface area contributed by atoms with Gasteiger partial charge >= 0.3 is 0 Å². The average molecular weight is 788 g/mol. The molecule has 7 rings (SSSR count). The molecular formula is C42H50ClN5O6S. The minimum atomic E-state index is -3.67. The molecule has 1 aromatic heterocycles. The number of nitrogens with zero attached hydrogens (tertiary/aromatic N) is 4. The number of hydrogen-bond acceptors (Lipinski definition) is 8. The van der Waals surface area contributed by atoms with Gasteiger partial charge in [-0.05, 0) is 118 Å². The van der Waals surface area contributed by atoms with Gasteiger partial charge in [0.2, 0.25) is 0 Å². The fraction of sp³-hybridized carbons (Fsp3) is 0.500. The van der Waals surface area contributed by atoms with E-state index in [0.717, 1.165) is 49.4 Å². The summed E-state index contributed by atoms with van der Waals surface area (Å²) in [6.45, 7) is 6.89. The van der Waals surface area contributed by atoms with E-state index in [0.29, 0.717) is 37.2 Å². The van der Waals surface area contributed by atoms with Crippen molar-refractivity contribution in [3.8, 4) is 17.6 Å². The number of nitrogens with one attached hydrogen (secondary N) is 1. The molecule has 3 heterocycles. The van der Waals surface area contributed by atoms with Crippen molar-refractivity contribution in [2.75, 3.05) is 37.5 Å². The van der Waals surface area contributed by atoms with Crippen molar-refractivity contribution in [1.29, 1.82) is 0 Å². The van der Waals surface area contributed by atoms with Gasteiger partial charge in [0.05, 0.1) is 29.7 Å². The molecule has 0 radical (unpaired) electrons. The molecule has 2 aliphatic carbocycles. The van der Waals surface area contributed by atoms with Gasteiger partial charge in [-0.3, -0.25) is 19.0 Å². The molecular weight excluding hydrogens is 738 g/mol. The molecule has 2 amide bonds. The van der Waals surface area contributed by atoms with Crippen molar-refractivity contribution in [2.24, 2.45) is 29.2 Å². The highest BCUT2D eigenvalue weighted by molar-refractivity contribution is 7.92. The Bertz CT molecular complexity index is 2210. The number of allylic oxidation sites excluding steroid dienone is 1. The van der Waals surface area contributed by atoms with Gasteiger partial charge in [-0.2, -0.15) is 5.10 Å². The second-order valence-corrected chi connectivity index (χ2v) is 18.7. The Morgan fingerprint density at radius 1 is 1.22 bits per heavy atom. The van der Waals surface area contributed by atoms with Crippen molar-refractivity contribution in [3.05, 3.63) is 87.7 Å². The van der Waals surface area contributed by atoms with Crippen molar-refractivity contribution in [2.45, 2.75) is 76.4 Å². The fourth-order valence-corrected chi connectivity index (χ4v) is 10.6. The number of aryl methyl sites for hydroxylation is 2. The summed E-state index contributed by atoms with van der Waals surface area (Å²) < 4.78 is 35.8. The highest BCUT2D eigenvalue weighted by Crippen LogP contribution is 2.47. The van der Waals surface area contributed by atoms with Crippen LogP contribution in [0.5, 0.6) is 5.75 Å². The van der Waals surface area contributed by atoms with Gasteiger partial charge in [0.15, 0.2) is 0 Å². The number of hydrogen-bond donors (Lipinski definition) is 2. The highest BCUT2D eigenvalue weighted by atomic mass is 35.5. The van der Waals surface area contributed by atoms with Gasteiger partial charge in [0.25, 0.3) is 11.8 Å². The van der Waals surface area contributed by atoms with Gasteiger partial charge < -0.3 is 19.5 Å². The summed E-state index contributed by atoms with van der Waals surface area (Å²) in [5, 5.41) is 15.2. The van der Waals surface area contributed by atoms with Gasteiger partial charge in [-0.15, -0.1) is 4.36 Å². The summed E-state index contributed by atoms with van der Waals surface area (Å²) in [7, 11) is -0.288. The van der Waals surface area contributed by atoms with Crippen LogP contribution in [0.15, 0.2) is 59.1 Å². The number of halogens is 1. The second-order valence-electron chi connectivity index (χ2n) is 16.3. The summed E-state index contributed by atoms with van der Waals surface area (Å²) in [6.07, 6.45) is 11.1. The van der Waals surface area contributed by atoms with E-state index in [1.54, 1.807) is 26.3 Å². The summed E-state index contributed by atoms with van der Waals surface area (Å²) in [5.74, 6) is 5.05. The normalized spacial score (nSPS) is 28.6. The number of benzene rings is 2. The van der Waals surface area contributed by atoms with Crippen LogP contribution in [0.1, 0.15) is 90.4 Å². The first-order valence-electron chi connectivity index (χ1n) is 19.0. The summed E-state index contributed by atoms with van der Waals surface area (Å²) >= 11 is 6.47. The van der Waals surface area contributed by atoms with Crippen LogP contribution < -0.4 is 14.4 Å². The van der Waals surface area contributed by atoms with Crippen LogP contribution >= 0.6 is 11.6 Å². The molecule has 1 fully saturated rings. The van der Waals surface area contributed by atoms with Crippen molar-refractivity contribution in [1.82, 2.24) is 14.5 Å². The van der Waals surface area contributed by atoms with Crippen LogP contribution in [-0.2, 0) is 33.5 Å². The third kappa shape index (κ3) is 8.50. The number of carbonyl (C=O) groups is 2. The number of amides is 2. The van der Waals surface area contributed by atoms with E-state index in [1.807, 2.05) is 19.1 Å². The first kappa shape index (κ1) is 39.1. The molecule has 13 heteroatoms. The Hall–Kier alpha value is -4.15. The van der Waals surface area contributed by atoms with Crippen LogP contribution in [0.4, 0.5) is 5.69 Å². The number of ether oxygens (including phenoxy) is 2. The summed E-state index contributed by atoms with van der Waals surface area (Å²) in [4.78, 5) is 30.3. The SMILES string of the molecule is CO[C@H]1/C=C/C[C@H](C)CS(=O)(NC(=O)c2cn(C)nc2C#CC(C)(C)O)=NC(=O)c2ccc3c(c2)N(C[C@@H]2CC[C@H]21)C[C@@]1(CCCc2cc(Cl)ccc21)CO3. The number of aliphatic hydroxyl groups is 1. The average Bonchev–Trinajstić information content (AvgIpc) is 3.42. The van der Waals surface area contributed by atoms with E-state index < -0.39 is 27.3 Å². The van der Waals surface area contributed by atoms with Crippen LogP contribution in [-0.4, -0.2) is 75.2 Å². The summed E-state index contributed by atoms with van der Waals surface area (Å²) in [6, 6.07) is 11.5. The quantitative estimate of drug-likeness (QED) is 0.235. The van der Waals surface area contributed by atoms with E-state index in [1.165, 1.54) is 35.9 Å². The zero-order chi connectivity index (χ0) is 39.1. The largest absolute Gasteiger partial charge is 0.490 e. The molecule has 3 aromatic rings. The number of methoxy groups -OCH3 is 1. The smallest absolute Gasteiger partial charge is 0.286 e. The Labute approximate surface area is 329 Å². The van der Waals surface area contributed by atoms with E-state index >= 15 is 0 Å². The Morgan fingerprint density at radius 2 is 2.04 bits per heavy atom. The van der Waals surface area contributed by atoms with Crippen LogP contribution in [0.3, 0.4) is 0 Å². The van der Waals surface area contributed by atoms with Crippen LogP contribution in [0, 0.1) is 29.6 Å². The maximum atomic E-state index is 14.8. The molecule has 55 heavy (non-hydrogen) atoms. The molecule has 2 N–H and O–H groups in total. The molecule has 2 bridgehead atoms. The maximum absolute atomic E-state index is 14.8. The highest BCUT2D eigenvalue weighted by Gasteiger charge is 2.44. The van der Waals surface area contributed by atoms with E-state index in [-0.39, 0.29) is 40.0 Å². The third-order valence-corrected chi connectivity index (χ3v) is 13.5. The minimum absolute atomic E-state index is 0.0561. The molecule has 1 spiro atoms. The number of anilines is 1. The Kier molecular flexibility index (Phi) is 11.0. The number of carbonyl (C=O) groups excluding carboxylic acids is 2. The Balaban J connectivity index is 1.29. The van der Waals surface area contributed by atoms with E-state index in [9.17, 15) is 18.9 Å². The lowest BCUT2D eigenvalue weighted by Crippen LogP contribution is -2.49. The lowest BCUT2D eigenvalue weighted by atomic mass is 9.68. The van der Waals surface area contributed by atoms with Gasteiger partial charge in [-0.1, -0.05) is 42.7 Å².